The maximum atomic E-state index is 13.5. The molecule has 0 saturated carbocycles. The van der Waals surface area contributed by atoms with Gasteiger partial charge in [-0.25, -0.2) is 9.36 Å². The normalized spacial score (nSPS) is 20.1. The minimum Gasteiger partial charge on any atom is -0.508 e. The lowest BCUT2D eigenvalue weighted by molar-refractivity contribution is -0.118. The van der Waals surface area contributed by atoms with Crippen molar-refractivity contribution in [2.75, 3.05) is 0 Å². The fourth-order valence-corrected chi connectivity index (χ4v) is 4.69. The molecule has 0 radical (unpaired) electrons. The van der Waals surface area contributed by atoms with Crippen molar-refractivity contribution < 1.29 is 9.90 Å². The average Bonchev–Trinajstić information content (AvgIpc) is 3.00. The highest BCUT2D eigenvalue weighted by Crippen LogP contribution is 2.46. The molecular weight excluding hydrogens is 368 g/mol. The van der Waals surface area contributed by atoms with Crippen molar-refractivity contribution in [3.8, 4) is 5.75 Å². The van der Waals surface area contributed by atoms with Crippen LogP contribution < -0.4 is 11.1 Å². The van der Waals surface area contributed by atoms with E-state index in [0.29, 0.717) is 40.4 Å². The van der Waals surface area contributed by atoms with Gasteiger partial charge >= 0.3 is 0 Å². The van der Waals surface area contributed by atoms with E-state index >= 15 is 0 Å². The zero-order valence-corrected chi connectivity index (χ0v) is 16.2. The Morgan fingerprint density at radius 2 is 1.62 bits per heavy atom. The molecule has 5 rings (SSSR count). The van der Waals surface area contributed by atoms with Gasteiger partial charge in [0.15, 0.2) is 5.78 Å². The van der Waals surface area contributed by atoms with E-state index in [0.717, 1.165) is 0 Å². The van der Waals surface area contributed by atoms with Gasteiger partial charge in [-0.3, -0.25) is 14.4 Å². The highest BCUT2D eigenvalue weighted by molar-refractivity contribution is 6.04. The van der Waals surface area contributed by atoms with Crippen molar-refractivity contribution in [1.29, 1.82) is 0 Å². The van der Waals surface area contributed by atoms with Crippen LogP contribution in [-0.2, 0) is 4.79 Å². The molecule has 1 aromatic heterocycles. The second-order valence-electron chi connectivity index (χ2n) is 8.61. The first-order valence-corrected chi connectivity index (χ1v) is 9.61. The van der Waals surface area contributed by atoms with Gasteiger partial charge in [-0.1, -0.05) is 38.1 Å². The van der Waals surface area contributed by atoms with Crippen LogP contribution in [0.2, 0.25) is 0 Å². The van der Waals surface area contributed by atoms with Crippen LogP contribution in [0.5, 0.6) is 5.75 Å². The maximum Gasteiger partial charge on any atom is 0.277 e. The minimum absolute atomic E-state index is 0.0443. The summed E-state index contributed by atoms with van der Waals surface area (Å²) >= 11 is 0. The molecule has 1 unspecified atom stereocenters. The second kappa shape index (κ2) is 5.80. The summed E-state index contributed by atoms with van der Waals surface area (Å²) in [4.78, 5) is 40.0. The van der Waals surface area contributed by atoms with Gasteiger partial charge in [-0.05, 0) is 41.7 Å². The van der Waals surface area contributed by atoms with Crippen LogP contribution in [-0.4, -0.2) is 20.3 Å². The highest BCUT2D eigenvalue weighted by atomic mass is 16.3. The first-order chi connectivity index (χ1) is 13.8. The van der Waals surface area contributed by atoms with Crippen LogP contribution in [0.3, 0.4) is 0 Å². The summed E-state index contributed by atoms with van der Waals surface area (Å²) in [5.41, 5.74) is 0.732. The van der Waals surface area contributed by atoms with Gasteiger partial charge in [0.25, 0.3) is 11.1 Å². The van der Waals surface area contributed by atoms with E-state index in [1.165, 1.54) is 15.4 Å². The molecule has 6 heteroatoms. The third-order valence-corrected chi connectivity index (χ3v) is 5.86. The van der Waals surface area contributed by atoms with Crippen molar-refractivity contribution in [1.82, 2.24) is 9.36 Å². The lowest BCUT2D eigenvalue weighted by Crippen LogP contribution is -2.37. The summed E-state index contributed by atoms with van der Waals surface area (Å²) in [5.74, 6) is -0.0217. The first-order valence-electron chi connectivity index (χ1n) is 9.61. The Balaban J connectivity index is 1.94. The van der Waals surface area contributed by atoms with Crippen LogP contribution >= 0.6 is 0 Å². The van der Waals surface area contributed by atoms with Crippen molar-refractivity contribution in [3.05, 3.63) is 80.4 Å². The largest absolute Gasteiger partial charge is 0.508 e. The predicted octanol–water partition coefficient (Wildman–Crippen LogP) is 3.07. The van der Waals surface area contributed by atoms with Crippen molar-refractivity contribution in [2.24, 2.45) is 5.41 Å². The summed E-state index contributed by atoms with van der Waals surface area (Å²) in [6, 6.07) is 12.5. The molecule has 1 N–H and O–H groups in total. The molecule has 1 atom stereocenters. The average molecular weight is 388 g/mol. The third kappa shape index (κ3) is 2.45. The summed E-state index contributed by atoms with van der Waals surface area (Å²) in [5, 5.41) is 10.7. The number of hydrogen-bond acceptors (Lipinski definition) is 4. The van der Waals surface area contributed by atoms with E-state index in [1.807, 2.05) is 13.8 Å². The predicted molar refractivity (Wildman–Crippen MR) is 110 cm³/mol. The number of benzene rings is 2. The van der Waals surface area contributed by atoms with Crippen LogP contribution in [0.15, 0.2) is 63.7 Å². The Labute approximate surface area is 166 Å². The van der Waals surface area contributed by atoms with E-state index in [9.17, 15) is 19.5 Å². The fourth-order valence-electron chi connectivity index (χ4n) is 4.69. The lowest BCUT2D eigenvalue weighted by Gasteiger charge is -2.30. The van der Waals surface area contributed by atoms with Gasteiger partial charge in [0.1, 0.15) is 11.8 Å². The maximum absolute atomic E-state index is 13.5. The number of carbonyl (C=O) groups is 1. The smallest absolute Gasteiger partial charge is 0.277 e. The number of carbonyl (C=O) groups excluding carboxylic acids is 1. The quantitative estimate of drug-likeness (QED) is 0.695. The number of aromatic hydroxyl groups is 1. The molecule has 2 heterocycles. The van der Waals surface area contributed by atoms with E-state index in [2.05, 4.69) is 0 Å². The molecule has 2 aromatic carbocycles. The van der Waals surface area contributed by atoms with Crippen molar-refractivity contribution >= 4 is 22.3 Å². The van der Waals surface area contributed by atoms with Crippen LogP contribution in [0.1, 0.15) is 38.3 Å². The number of fused-ring (bicyclic) bond motifs is 3. The standard InChI is InChI=1S/C23H20N2O4/c1-23(2)11-17-19(18(27)12-23)20(13-6-5-7-14(26)10-13)25-22(29)16-9-4-3-8-15(16)21(28)24(17)25/h3-10,20,26H,11-12H2,1-2H3. The first kappa shape index (κ1) is 17.7. The summed E-state index contributed by atoms with van der Waals surface area (Å²) in [6.07, 6.45) is 0.860. The van der Waals surface area contributed by atoms with Gasteiger partial charge in [0, 0.05) is 12.0 Å². The molecule has 3 aromatic rings. The number of phenolic OH excluding ortho intramolecular Hbond substituents is 1. The molecule has 0 bridgehead atoms. The number of ketones is 1. The monoisotopic (exact) mass is 388 g/mol. The topological polar surface area (TPSA) is 81.3 Å². The molecule has 1 aliphatic carbocycles. The summed E-state index contributed by atoms with van der Waals surface area (Å²) < 4.78 is 2.79. The third-order valence-electron chi connectivity index (χ3n) is 5.86. The Kier molecular flexibility index (Phi) is 3.53. The minimum atomic E-state index is -0.731. The number of Topliss-reactive ketones (excluding diaryl/α,β-unsaturated/α-hetero) is 1. The number of nitrogens with zero attached hydrogens (tertiary/aromatic N) is 2. The van der Waals surface area contributed by atoms with E-state index in [-0.39, 0.29) is 28.1 Å². The molecule has 0 spiro atoms. The van der Waals surface area contributed by atoms with Crippen molar-refractivity contribution in [2.45, 2.75) is 32.7 Å². The van der Waals surface area contributed by atoms with E-state index in [1.54, 1.807) is 42.5 Å². The number of aromatic nitrogens is 2. The van der Waals surface area contributed by atoms with Gasteiger partial charge in [-0.15, -0.1) is 0 Å². The molecule has 2 aliphatic rings. The van der Waals surface area contributed by atoms with Gasteiger partial charge in [0.2, 0.25) is 0 Å². The molecular formula is C23H20N2O4. The number of rotatable bonds is 1. The van der Waals surface area contributed by atoms with E-state index in [4.69, 9.17) is 0 Å². The Hall–Kier alpha value is -3.41. The van der Waals surface area contributed by atoms with E-state index < -0.39 is 6.04 Å². The number of phenols is 1. The van der Waals surface area contributed by atoms with Crippen LogP contribution in [0.4, 0.5) is 0 Å². The SMILES string of the molecule is CC1(C)CC(=O)C2=C(C1)n1c(=O)c3ccccc3c(=O)n1C2c1cccc(O)c1. The number of allylic oxidation sites excluding steroid dienone is 2. The van der Waals surface area contributed by atoms with Gasteiger partial charge < -0.3 is 5.11 Å². The fraction of sp³-hybridized carbons (Fsp3) is 0.261. The summed E-state index contributed by atoms with van der Waals surface area (Å²) in [6.45, 7) is 3.98. The zero-order chi connectivity index (χ0) is 20.5. The zero-order valence-electron chi connectivity index (χ0n) is 16.2. The highest BCUT2D eigenvalue weighted by Gasteiger charge is 2.44. The summed E-state index contributed by atoms with van der Waals surface area (Å²) in [7, 11) is 0. The molecule has 29 heavy (non-hydrogen) atoms. The Bertz CT molecular complexity index is 1360. The lowest BCUT2D eigenvalue weighted by atomic mass is 9.74. The Morgan fingerprint density at radius 1 is 0.931 bits per heavy atom. The van der Waals surface area contributed by atoms with Gasteiger partial charge in [-0.2, -0.15) is 0 Å². The van der Waals surface area contributed by atoms with Gasteiger partial charge in [0.05, 0.1) is 16.5 Å². The van der Waals surface area contributed by atoms with Crippen LogP contribution in [0.25, 0.3) is 16.5 Å². The molecule has 146 valence electrons. The van der Waals surface area contributed by atoms with Crippen molar-refractivity contribution in [3.63, 3.8) is 0 Å². The molecule has 0 saturated heterocycles. The molecule has 6 nitrogen and oxygen atoms in total. The van der Waals surface area contributed by atoms with Crippen LogP contribution in [0, 0.1) is 5.41 Å². The molecule has 0 fully saturated rings. The molecule has 1 aliphatic heterocycles. The number of hydrogen-bond donors (Lipinski definition) is 1. The Morgan fingerprint density at radius 3 is 2.31 bits per heavy atom. The second-order valence-corrected chi connectivity index (χ2v) is 8.61. The molecule has 0 amide bonds.